The lowest BCUT2D eigenvalue weighted by molar-refractivity contribution is -0.0355. The van der Waals surface area contributed by atoms with Crippen LogP contribution in [0.4, 0.5) is 4.39 Å². The summed E-state index contributed by atoms with van der Waals surface area (Å²) in [5.74, 6) is -0.178. The minimum Gasteiger partial charge on any atom is -0.371 e. The summed E-state index contributed by atoms with van der Waals surface area (Å²) in [5, 5.41) is 0. The number of hydrogen-bond acceptors (Lipinski definition) is 3. The van der Waals surface area contributed by atoms with Crippen LogP contribution in [0.2, 0.25) is 0 Å². The first-order valence-electron chi connectivity index (χ1n) is 7.35. The van der Waals surface area contributed by atoms with Crippen molar-refractivity contribution >= 4 is 11.8 Å². The third kappa shape index (κ3) is 3.02. The molecule has 1 atom stereocenters. The van der Waals surface area contributed by atoms with Crippen LogP contribution in [0, 0.1) is 5.82 Å². The highest BCUT2D eigenvalue weighted by molar-refractivity contribution is 8.00. The van der Waals surface area contributed by atoms with Crippen LogP contribution < -0.4 is 0 Å². The highest BCUT2D eigenvalue weighted by Crippen LogP contribution is 2.43. The number of halogens is 1. The van der Waals surface area contributed by atoms with Gasteiger partial charge in [-0.25, -0.2) is 4.39 Å². The van der Waals surface area contributed by atoms with Crippen molar-refractivity contribution in [1.82, 2.24) is 4.90 Å². The first-order valence-corrected chi connectivity index (χ1v) is 8.58. The Morgan fingerprint density at radius 2 is 2.30 bits per heavy atom. The normalized spacial score (nSPS) is 26.2. The molecule has 2 nitrogen and oxygen atoms in total. The van der Waals surface area contributed by atoms with E-state index in [2.05, 4.69) is 11.2 Å². The van der Waals surface area contributed by atoms with Crippen molar-refractivity contribution in [3.05, 3.63) is 35.6 Å². The van der Waals surface area contributed by atoms with Gasteiger partial charge in [0.15, 0.2) is 0 Å². The van der Waals surface area contributed by atoms with E-state index in [0.29, 0.717) is 4.75 Å². The van der Waals surface area contributed by atoms with Gasteiger partial charge in [-0.15, -0.1) is 0 Å². The summed E-state index contributed by atoms with van der Waals surface area (Å²) < 4.78 is 19.6. The maximum absolute atomic E-state index is 13.3. The molecular formula is C16H22FNOS. The Kier molecular flexibility index (Phi) is 4.34. The molecule has 4 heteroatoms. The van der Waals surface area contributed by atoms with Crippen molar-refractivity contribution in [3.8, 4) is 0 Å². The molecule has 0 N–H and O–H groups in total. The molecule has 1 heterocycles. The van der Waals surface area contributed by atoms with Crippen LogP contribution in [0.25, 0.3) is 0 Å². The summed E-state index contributed by atoms with van der Waals surface area (Å²) in [6.45, 7) is 3.76. The van der Waals surface area contributed by atoms with Crippen molar-refractivity contribution in [2.75, 3.05) is 32.5 Å². The molecule has 0 spiro atoms. The minimum atomic E-state index is -0.178. The molecule has 0 radical (unpaired) electrons. The van der Waals surface area contributed by atoms with Crippen LogP contribution in [0.15, 0.2) is 24.3 Å². The number of thioether (sulfide) groups is 1. The molecule has 3 rings (SSSR count). The van der Waals surface area contributed by atoms with Gasteiger partial charge in [0.05, 0.1) is 12.7 Å². The zero-order valence-electron chi connectivity index (χ0n) is 12.0. The van der Waals surface area contributed by atoms with Crippen LogP contribution in [-0.2, 0) is 4.74 Å². The van der Waals surface area contributed by atoms with E-state index in [9.17, 15) is 4.39 Å². The van der Waals surface area contributed by atoms with Gasteiger partial charge in [0.25, 0.3) is 0 Å². The fourth-order valence-electron chi connectivity index (χ4n) is 3.16. The molecule has 1 unspecified atom stereocenters. The molecular weight excluding hydrogens is 273 g/mol. The molecule has 2 fully saturated rings. The van der Waals surface area contributed by atoms with E-state index in [-0.39, 0.29) is 11.9 Å². The van der Waals surface area contributed by atoms with Crippen LogP contribution >= 0.6 is 11.8 Å². The van der Waals surface area contributed by atoms with Crippen molar-refractivity contribution in [2.45, 2.75) is 30.1 Å². The molecule has 110 valence electrons. The van der Waals surface area contributed by atoms with E-state index in [1.54, 1.807) is 12.1 Å². The summed E-state index contributed by atoms with van der Waals surface area (Å²) in [6, 6.07) is 6.82. The quantitative estimate of drug-likeness (QED) is 0.844. The van der Waals surface area contributed by atoms with Crippen LogP contribution in [0.3, 0.4) is 0 Å². The van der Waals surface area contributed by atoms with Gasteiger partial charge in [-0.1, -0.05) is 18.6 Å². The summed E-state index contributed by atoms with van der Waals surface area (Å²) in [7, 11) is 0. The Hall–Kier alpha value is -0.580. The third-order valence-corrected chi connectivity index (χ3v) is 5.98. The van der Waals surface area contributed by atoms with E-state index < -0.39 is 0 Å². The fraction of sp³-hybridized carbons (Fsp3) is 0.625. The van der Waals surface area contributed by atoms with Gasteiger partial charge in [0.2, 0.25) is 0 Å². The van der Waals surface area contributed by atoms with Gasteiger partial charge in [-0.05, 0) is 36.8 Å². The number of morpholine rings is 1. The number of nitrogens with zero attached hydrogens (tertiary/aromatic N) is 1. The summed E-state index contributed by atoms with van der Waals surface area (Å²) >= 11 is 2.01. The van der Waals surface area contributed by atoms with E-state index in [0.717, 1.165) is 31.8 Å². The first kappa shape index (κ1) is 14.4. The summed E-state index contributed by atoms with van der Waals surface area (Å²) in [6.07, 6.45) is 6.26. The number of rotatable bonds is 4. The van der Waals surface area contributed by atoms with Gasteiger partial charge in [0.1, 0.15) is 5.82 Å². The monoisotopic (exact) mass is 295 g/mol. The van der Waals surface area contributed by atoms with Gasteiger partial charge >= 0.3 is 0 Å². The molecule has 1 aliphatic carbocycles. The lowest BCUT2D eigenvalue weighted by Gasteiger charge is -2.45. The molecule has 0 aromatic heterocycles. The highest BCUT2D eigenvalue weighted by atomic mass is 32.2. The molecule has 2 aliphatic rings. The van der Waals surface area contributed by atoms with Crippen LogP contribution in [0.5, 0.6) is 0 Å². The summed E-state index contributed by atoms with van der Waals surface area (Å²) in [5.41, 5.74) is 0.960. The topological polar surface area (TPSA) is 12.5 Å². The first-order chi connectivity index (χ1) is 9.71. The Labute approximate surface area is 124 Å². The average Bonchev–Trinajstić information content (AvgIpc) is 2.43. The average molecular weight is 295 g/mol. The van der Waals surface area contributed by atoms with Gasteiger partial charge in [-0.2, -0.15) is 11.8 Å². The molecule has 1 saturated carbocycles. The molecule has 1 aromatic carbocycles. The van der Waals surface area contributed by atoms with E-state index in [1.807, 2.05) is 17.8 Å². The van der Waals surface area contributed by atoms with Gasteiger partial charge in [-0.3, -0.25) is 4.90 Å². The van der Waals surface area contributed by atoms with Gasteiger partial charge in [0, 0.05) is 24.4 Å². The zero-order valence-corrected chi connectivity index (χ0v) is 12.8. The third-order valence-electron chi connectivity index (χ3n) is 4.58. The number of hydrogen-bond donors (Lipinski definition) is 0. The Balaban J connectivity index is 1.64. The van der Waals surface area contributed by atoms with Gasteiger partial charge < -0.3 is 4.74 Å². The second-order valence-corrected chi connectivity index (χ2v) is 7.16. The number of ether oxygens (including phenoxy) is 1. The second-order valence-electron chi connectivity index (χ2n) is 5.89. The van der Waals surface area contributed by atoms with Crippen molar-refractivity contribution < 1.29 is 9.13 Å². The smallest absolute Gasteiger partial charge is 0.123 e. The van der Waals surface area contributed by atoms with Crippen LogP contribution in [-0.4, -0.2) is 42.1 Å². The molecule has 20 heavy (non-hydrogen) atoms. The Morgan fingerprint density at radius 1 is 1.45 bits per heavy atom. The standard InChI is InChI=1S/C16H22FNOS/c1-20-16(6-3-7-16)12-18-8-9-19-15(11-18)13-4-2-5-14(17)10-13/h2,4-5,10,15H,3,6-9,11-12H2,1H3. The predicted octanol–water partition coefficient (Wildman–Crippen LogP) is 3.48. The second kappa shape index (κ2) is 6.04. The van der Waals surface area contributed by atoms with Crippen LogP contribution in [0.1, 0.15) is 30.9 Å². The maximum Gasteiger partial charge on any atom is 0.123 e. The molecule has 0 amide bonds. The number of benzene rings is 1. The SMILES string of the molecule is CSC1(CN2CCOC(c3cccc(F)c3)C2)CCC1. The van der Waals surface area contributed by atoms with E-state index in [1.165, 1.54) is 25.3 Å². The fourth-order valence-corrected chi connectivity index (χ4v) is 4.17. The molecule has 1 aromatic rings. The van der Waals surface area contributed by atoms with E-state index >= 15 is 0 Å². The largest absolute Gasteiger partial charge is 0.371 e. The lowest BCUT2D eigenvalue weighted by Crippen LogP contribution is -2.49. The Morgan fingerprint density at radius 3 is 2.95 bits per heavy atom. The van der Waals surface area contributed by atoms with Crippen molar-refractivity contribution in [3.63, 3.8) is 0 Å². The minimum absolute atomic E-state index is 0.0124. The molecule has 1 saturated heterocycles. The van der Waals surface area contributed by atoms with E-state index in [4.69, 9.17) is 4.74 Å². The van der Waals surface area contributed by atoms with Crippen molar-refractivity contribution in [2.24, 2.45) is 0 Å². The molecule has 1 aliphatic heterocycles. The Bertz CT molecular complexity index is 458. The summed E-state index contributed by atoms with van der Waals surface area (Å²) in [4.78, 5) is 2.49. The predicted molar refractivity (Wildman–Crippen MR) is 81.6 cm³/mol. The lowest BCUT2D eigenvalue weighted by atomic mass is 9.83. The highest BCUT2D eigenvalue weighted by Gasteiger charge is 2.38. The maximum atomic E-state index is 13.3. The molecule has 0 bridgehead atoms. The zero-order chi connectivity index (χ0) is 14.0. The van der Waals surface area contributed by atoms with Crippen molar-refractivity contribution in [1.29, 1.82) is 0 Å².